The summed E-state index contributed by atoms with van der Waals surface area (Å²) in [7, 11) is 0. The summed E-state index contributed by atoms with van der Waals surface area (Å²) in [4.78, 5) is 4.60. The van der Waals surface area contributed by atoms with Crippen molar-refractivity contribution in [3.63, 3.8) is 0 Å². The summed E-state index contributed by atoms with van der Waals surface area (Å²) in [5.41, 5.74) is 3.05. The second-order valence-corrected chi connectivity index (χ2v) is 9.60. The number of thioether (sulfide) groups is 1. The summed E-state index contributed by atoms with van der Waals surface area (Å²) < 4.78 is 13.5. The van der Waals surface area contributed by atoms with E-state index in [1.807, 2.05) is 38.1 Å². The number of benzene rings is 2. The van der Waals surface area contributed by atoms with Gasteiger partial charge in [-0.1, -0.05) is 34.6 Å². The molecule has 156 valence electrons. The molecule has 0 fully saturated rings. The summed E-state index contributed by atoms with van der Waals surface area (Å²) in [6.45, 7) is 4.35. The SMILES string of the molecule is CCOc1cc([C@@H]2Nc3ccc(Br)cc3-c3nnc(SCC)nc3O2)cc(I)c1O. The van der Waals surface area contributed by atoms with Crippen LogP contribution in [-0.2, 0) is 0 Å². The standard InChI is InChI=1S/C20H18BrIN4O3S/c1-3-28-15-8-10(7-13(22)17(15)27)18-23-14-6-5-11(21)9-12(14)16-19(29-18)24-20(26-25-16)30-4-2/h5-9,18,23,27H,3-4H2,1-2H3/t18-/m1/s1. The van der Waals surface area contributed by atoms with Crippen molar-refractivity contribution in [3.8, 4) is 28.6 Å². The third-order valence-corrected chi connectivity index (χ3v) is 6.35. The van der Waals surface area contributed by atoms with Crippen molar-refractivity contribution in [1.82, 2.24) is 15.2 Å². The molecule has 1 aromatic heterocycles. The molecule has 1 aliphatic heterocycles. The molecular formula is C20H18BrIN4O3S. The molecule has 4 rings (SSSR count). The molecule has 1 atom stereocenters. The van der Waals surface area contributed by atoms with Gasteiger partial charge in [-0.25, -0.2) is 0 Å². The number of hydrogen-bond acceptors (Lipinski definition) is 8. The Hall–Kier alpha value is -1.79. The van der Waals surface area contributed by atoms with E-state index < -0.39 is 6.23 Å². The first-order valence-corrected chi connectivity index (χ1v) is 12.1. The molecule has 0 spiro atoms. The first kappa shape index (κ1) is 21.4. The number of phenolic OH excluding ortho intramolecular Hbond substituents is 1. The fourth-order valence-electron chi connectivity index (χ4n) is 3.02. The molecule has 2 heterocycles. The van der Waals surface area contributed by atoms with Gasteiger partial charge in [-0.3, -0.25) is 0 Å². The first-order valence-electron chi connectivity index (χ1n) is 9.26. The second-order valence-electron chi connectivity index (χ2n) is 6.30. The highest BCUT2D eigenvalue weighted by Gasteiger charge is 2.27. The maximum Gasteiger partial charge on any atom is 0.247 e. The number of nitrogens with zero attached hydrogens (tertiary/aromatic N) is 3. The van der Waals surface area contributed by atoms with E-state index in [1.54, 1.807) is 6.07 Å². The Morgan fingerprint density at radius 3 is 2.87 bits per heavy atom. The van der Waals surface area contributed by atoms with Crippen LogP contribution in [-0.4, -0.2) is 32.6 Å². The molecule has 0 amide bonds. The average molecular weight is 601 g/mol. The van der Waals surface area contributed by atoms with E-state index in [-0.39, 0.29) is 5.75 Å². The minimum Gasteiger partial charge on any atom is -0.504 e. The number of nitrogens with one attached hydrogen (secondary N) is 1. The van der Waals surface area contributed by atoms with Crippen LogP contribution >= 0.6 is 50.3 Å². The fraction of sp³-hybridized carbons (Fsp3) is 0.250. The summed E-state index contributed by atoms with van der Waals surface area (Å²) in [6, 6.07) is 9.49. The van der Waals surface area contributed by atoms with E-state index in [2.05, 4.69) is 59.0 Å². The van der Waals surface area contributed by atoms with Gasteiger partial charge in [-0.05, 0) is 65.6 Å². The molecule has 2 N–H and O–H groups in total. The lowest BCUT2D eigenvalue weighted by Gasteiger charge is -2.21. The van der Waals surface area contributed by atoms with Crippen LogP contribution in [0.15, 0.2) is 40.0 Å². The summed E-state index contributed by atoms with van der Waals surface area (Å²) in [5, 5.41) is 22.9. The lowest BCUT2D eigenvalue weighted by Crippen LogP contribution is -2.17. The maximum atomic E-state index is 10.3. The van der Waals surface area contributed by atoms with Crippen LogP contribution in [0.4, 0.5) is 5.69 Å². The Kier molecular flexibility index (Phi) is 6.54. The molecule has 0 saturated heterocycles. The molecule has 0 saturated carbocycles. The van der Waals surface area contributed by atoms with Crippen molar-refractivity contribution < 1.29 is 14.6 Å². The summed E-state index contributed by atoms with van der Waals surface area (Å²) in [5.74, 6) is 1.76. The molecule has 3 aromatic rings. The molecular weight excluding hydrogens is 583 g/mol. The lowest BCUT2D eigenvalue weighted by atomic mass is 10.1. The Morgan fingerprint density at radius 2 is 2.10 bits per heavy atom. The molecule has 0 aliphatic carbocycles. The van der Waals surface area contributed by atoms with Crippen LogP contribution in [0.3, 0.4) is 0 Å². The van der Waals surface area contributed by atoms with E-state index in [9.17, 15) is 5.11 Å². The van der Waals surface area contributed by atoms with Crippen molar-refractivity contribution in [1.29, 1.82) is 0 Å². The molecule has 30 heavy (non-hydrogen) atoms. The highest BCUT2D eigenvalue weighted by Crippen LogP contribution is 2.42. The van der Waals surface area contributed by atoms with Gasteiger partial charge < -0.3 is 19.9 Å². The van der Waals surface area contributed by atoms with Gasteiger partial charge in [-0.15, -0.1) is 10.2 Å². The largest absolute Gasteiger partial charge is 0.504 e. The first-order chi connectivity index (χ1) is 14.5. The predicted molar refractivity (Wildman–Crippen MR) is 128 cm³/mol. The Balaban J connectivity index is 1.84. The Bertz CT molecular complexity index is 1100. The summed E-state index contributed by atoms with van der Waals surface area (Å²) in [6.07, 6.45) is -0.560. The van der Waals surface area contributed by atoms with Gasteiger partial charge in [0.05, 0.1) is 10.2 Å². The number of aromatic hydroxyl groups is 1. The van der Waals surface area contributed by atoms with Gasteiger partial charge in [0.15, 0.2) is 23.4 Å². The van der Waals surface area contributed by atoms with Crippen LogP contribution in [0.25, 0.3) is 11.3 Å². The van der Waals surface area contributed by atoms with Crippen LogP contribution < -0.4 is 14.8 Å². The van der Waals surface area contributed by atoms with E-state index >= 15 is 0 Å². The predicted octanol–water partition coefficient (Wildman–Crippen LogP) is 5.63. The number of anilines is 1. The number of hydrogen-bond donors (Lipinski definition) is 2. The zero-order chi connectivity index (χ0) is 21.3. The molecule has 1 aliphatic rings. The zero-order valence-electron chi connectivity index (χ0n) is 16.1. The quantitative estimate of drug-likeness (QED) is 0.288. The van der Waals surface area contributed by atoms with E-state index in [1.165, 1.54) is 11.8 Å². The molecule has 2 aromatic carbocycles. The highest BCUT2D eigenvalue weighted by molar-refractivity contribution is 14.1. The maximum absolute atomic E-state index is 10.3. The fourth-order valence-corrected chi connectivity index (χ4v) is 4.51. The highest BCUT2D eigenvalue weighted by atomic mass is 127. The Labute approximate surface area is 200 Å². The van der Waals surface area contributed by atoms with Crippen LogP contribution in [0, 0.1) is 3.57 Å². The summed E-state index contributed by atoms with van der Waals surface area (Å²) >= 11 is 7.11. The van der Waals surface area contributed by atoms with Crippen molar-refractivity contribution in [2.75, 3.05) is 17.7 Å². The number of ether oxygens (including phenoxy) is 2. The molecule has 7 nitrogen and oxygen atoms in total. The van der Waals surface area contributed by atoms with Crippen molar-refractivity contribution in [2.24, 2.45) is 0 Å². The van der Waals surface area contributed by atoms with Gasteiger partial charge in [-0.2, -0.15) is 4.98 Å². The minimum absolute atomic E-state index is 0.116. The minimum atomic E-state index is -0.560. The third kappa shape index (κ3) is 4.30. The van der Waals surface area contributed by atoms with E-state index in [0.717, 1.165) is 27.0 Å². The van der Waals surface area contributed by atoms with Gasteiger partial charge in [0.25, 0.3) is 0 Å². The van der Waals surface area contributed by atoms with Crippen LogP contribution in [0.2, 0.25) is 0 Å². The van der Waals surface area contributed by atoms with Crippen molar-refractivity contribution in [3.05, 3.63) is 43.9 Å². The van der Waals surface area contributed by atoms with Gasteiger partial charge in [0.2, 0.25) is 11.0 Å². The van der Waals surface area contributed by atoms with Gasteiger partial charge >= 0.3 is 0 Å². The molecule has 10 heteroatoms. The smallest absolute Gasteiger partial charge is 0.247 e. The number of phenols is 1. The Morgan fingerprint density at radius 1 is 1.27 bits per heavy atom. The topological polar surface area (TPSA) is 89.4 Å². The average Bonchev–Trinajstić information content (AvgIpc) is 2.88. The van der Waals surface area contributed by atoms with E-state index in [0.29, 0.717) is 32.7 Å². The molecule has 0 bridgehead atoms. The lowest BCUT2D eigenvalue weighted by molar-refractivity contribution is 0.224. The van der Waals surface area contributed by atoms with Crippen molar-refractivity contribution >= 4 is 56.0 Å². The van der Waals surface area contributed by atoms with Crippen molar-refractivity contribution in [2.45, 2.75) is 25.2 Å². The third-order valence-electron chi connectivity index (χ3n) is 4.31. The number of rotatable bonds is 5. The monoisotopic (exact) mass is 600 g/mol. The molecule has 0 radical (unpaired) electrons. The number of aromatic nitrogens is 3. The second kappa shape index (κ2) is 9.15. The van der Waals surface area contributed by atoms with Gasteiger partial charge in [0.1, 0.15) is 0 Å². The normalized spacial score (nSPS) is 14.7. The number of fused-ring (bicyclic) bond motifs is 3. The van der Waals surface area contributed by atoms with E-state index in [4.69, 9.17) is 9.47 Å². The van der Waals surface area contributed by atoms with Crippen LogP contribution in [0.1, 0.15) is 25.6 Å². The van der Waals surface area contributed by atoms with Gasteiger partial charge in [0, 0.05) is 21.3 Å². The zero-order valence-corrected chi connectivity index (χ0v) is 20.7. The van der Waals surface area contributed by atoms with Crippen LogP contribution in [0.5, 0.6) is 17.4 Å². The number of halogens is 2. The molecule has 0 unspecified atom stereocenters.